The van der Waals surface area contributed by atoms with Crippen LogP contribution in [0.5, 0.6) is 5.88 Å². The SMILES string of the molecule is NC(=O)c1cccnc1OCCOC(F)(F)F. The summed E-state index contributed by atoms with van der Waals surface area (Å²) in [7, 11) is 0. The zero-order valence-corrected chi connectivity index (χ0v) is 8.53. The Morgan fingerprint density at radius 3 is 2.71 bits per heavy atom. The van der Waals surface area contributed by atoms with Crippen molar-refractivity contribution < 1.29 is 27.4 Å². The third kappa shape index (κ3) is 4.68. The van der Waals surface area contributed by atoms with Gasteiger partial charge in [-0.05, 0) is 12.1 Å². The minimum atomic E-state index is -4.71. The Morgan fingerprint density at radius 1 is 1.41 bits per heavy atom. The first kappa shape index (κ1) is 13.2. The molecule has 0 spiro atoms. The maximum absolute atomic E-state index is 11.6. The van der Waals surface area contributed by atoms with Crippen molar-refractivity contribution in [3.05, 3.63) is 23.9 Å². The minimum Gasteiger partial charge on any atom is -0.475 e. The summed E-state index contributed by atoms with van der Waals surface area (Å²) >= 11 is 0. The minimum absolute atomic E-state index is 0.000455. The summed E-state index contributed by atoms with van der Waals surface area (Å²) in [5, 5.41) is 0. The first-order valence-corrected chi connectivity index (χ1v) is 4.48. The maximum atomic E-state index is 11.6. The maximum Gasteiger partial charge on any atom is 0.522 e. The molecule has 1 amide bonds. The van der Waals surface area contributed by atoms with Crippen molar-refractivity contribution in [1.82, 2.24) is 4.98 Å². The summed E-state index contributed by atoms with van der Waals surface area (Å²) in [5.41, 5.74) is 5.02. The van der Waals surface area contributed by atoms with E-state index in [0.29, 0.717) is 0 Å². The fraction of sp³-hybridized carbons (Fsp3) is 0.333. The lowest BCUT2D eigenvalue weighted by Crippen LogP contribution is -2.19. The molecular formula is C9H9F3N2O3. The second-order valence-corrected chi connectivity index (χ2v) is 2.86. The molecule has 1 heterocycles. The molecule has 0 unspecified atom stereocenters. The Hall–Kier alpha value is -1.83. The number of primary amides is 1. The quantitative estimate of drug-likeness (QED) is 0.794. The molecule has 0 aliphatic heterocycles. The van der Waals surface area contributed by atoms with Crippen molar-refractivity contribution in [2.45, 2.75) is 6.36 Å². The van der Waals surface area contributed by atoms with Crippen LogP contribution in [-0.2, 0) is 4.74 Å². The van der Waals surface area contributed by atoms with Crippen molar-refractivity contribution in [3.63, 3.8) is 0 Å². The van der Waals surface area contributed by atoms with E-state index in [1.54, 1.807) is 0 Å². The highest BCUT2D eigenvalue weighted by molar-refractivity contribution is 5.94. The van der Waals surface area contributed by atoms with Gasteiger partial charge in [-0.1, -0.05) is 0 Å². The molecule has 0 saturated heterocycles. The predicted molar refractivity (Wildman–Crippen MR) is 50.3 cm³/mol. The van der Waals surface area contributed by atoms with Gasteiger partial charge in [0.15, 0.2) is 0 Å². The van der Waals surface area contributed by atoms with Gasteiger partial charge < -0.3 is 10.5 Å². The van der Waals surface area contributed by atoms with Crippen LogP contribution in [0.4, 0.5) is 13.2 Å². The standard InChI is InChI=1S/C9H9F3N2O3/c10-9(11,12)17-5-4-16-8-6(7(13)15)2-1-3-14-8/h1-3H,4-5H2,(H2,13,15). The molecule has 0 aliphatic carbocycles. The van der Waals surface area contributed by atoms with E-state index < -0.39 is 25.5 Å². The summed E-state index contributed by atoms with van der Waals surface area (Å²) in [6.45, 7) is -1.09. The number of alkyl halides is 3. The second-order valence-electron chi connectivity index (χ2n) is 2.86. The molecule has 0 atom stereocenters. The van der Waals surface area contributed by atoms with Crippen LogP contribution >= 0.6 is 0 Å². The van der Waals surface area contributed by atoms with Gasteiger partial charge in [-0.2, -0.15) is 0 Å². The summed E-state index contributed by atoms with van der Waals surface area (Å²) in [6, 6.07) is 2.81. The van der Waals surface area contributed by atoms with Crippen molar-refractivity contribution in [1.29, 1.82) is 0 Å². The van der Waals surface area contributed by atoms with Crippen LogP contribution in [0.15, 0.2) is 18.3 Å². The Kier molecular flexibility index (Phi) is 4.27. The highest BCUT2D eigenvalue weighted by Gasteiger charge is 2.28. The summed E-state index contributed by atoms with van der Waals surface area (Å²) < 4.78 is 43.2. The second kappa shape index (κ2) is 5.48. The van der Waals surface area contributed by atoms with E-state index in [9.17, 15) is 18.0 Å². The third-order valence-corrected chi connectivity index (χ3v) is 1.62. The Balaban J connectivity index is 2.49. The number of carbonyl (C=O) groups excluding carboxylic acids is 1. The number of rotatable bonds is 5. The van der Waals surface area contributed by atoms with Gasteiger partial charge in [-0.3, -0.25) is 9.53 Å². The van der Waals surface area contributed by atoms with Crippen molar-refractivity contribution in [3.8, 4) is 5.88 Å². The lowest BCUT2D eigenvalue weighted by Gasteiger charge is -2.09. The Morgan fingerprint density at radius 2 is 2.12 bits per heavy atom. The highest BCUT2D eigenvalue weighted by atomic mass is 19.4. The van der Waals surface area contributed by atoms with Gasteiger partial charge >= 0.3 is 6.36 Å². The summed E-state index contributed by atoms with van der Waals surface area (Å²) in [5.74, 6) is -0.893. The molecule has 0 fully saturated rings. The fourth-order valence-electron chi connectivity index (χ4n) is 0.989. The molecule has 5 nitrogen and oxygen atoms in total. The molecule has 1 rings (SSSR count). The molecule has 94 valence electrons. The van der Waals surface area contributed by atoms with Crippen molar-refractivity contribution in [2.75, 3.05) is 13.2 Å². The molecule has 0 aliphatic rings. The lowest BCUT2D eigenvalue weighted by molar-refractivity contribution is -0.325. The lowest BCUT2D eigenvalue weighted by atomic mass is 10.2. The number of nitrogens with zero attached hydrogens (tertiary/aromatic N) is 1. The van der Waals surface area contributed by atoms with E-state index >= 15 is 0 Å². The first-order valence-electron chi connectivity index (χ1n) is 4.48. The van der Waals surface area contributed by atoms with Crippen LogP contribution in [0, 0.1) is 0 Å². The van der Waals surface area contributed by atoms with E-state index in [-0.39, 0.29) is 11.4 Å². The van der Waals surface area contributed by atoms with E-state index in [0.717, 1.165) is 0 Å². The monoisotopic (exact) mass is 250 g/mol. The van der Waals surface area contributed by atoms with Crippen LogP contribution in [0.3, 0.4) is 0 Å². The summed E-state index contributed by atoms with van der Waals surface area (Å²) in [6.07, 6.45) is -3.38. The largest absolute Gasteiger partial charge is 0.522 e. The van der Waals surface area contributed by atoms with E-state index in [1.165, 1.54) is 18.3 Å². The first-order chi connectivity index (χ1) is 7.90. The predicted octanol–water partition coefficient (Wildman–Crippen LogP) is 1.10. The number of aromatic nitrogens is 1. The van der Waals surface area contributed by atoms with Crippen LogP contribution in [0.25, 0.3) is 0 Å². The number of nitrogens with two attached hydrogens (primary N) is 1. The van der Waals surface area contributed by atoms with Crippen LogP contribution < -0.4 is 10.5 Å². The number of hydrogen-bond donors (Lipinski definition) is 1. The van der Waals surface area contributed by atoms with Crippen LogP contribution in [0.1, 0.15) is 10.4 Å². The van der Waals surface area contributed by atoms with Gasteiger partial charge in [0.25, 0.3) is 5.91 Å². The van der Waals surface area contributed by atoms with Gasteiger partial charge in [-0.15, -0.1) is 13.2 Å². The number of amides is 1. The van der Waals surface area contributed by atoms with Gasteiger partial charge in [0.05, 0.1) is 6.61 Å². The average molecular weight is 250 g/mol. The van der Waals surface area contributed by atoms with Gasteiger partial charge in [0.1, 0.15) is 12.2 Å². The molecule has 0 bridgehead atoms. The molecule has 1 aromatic rings. The summed E-state index contributed by atoms with van der Waals surface area (Å²) in [4.78, 5) is 14.6. The van der Waals surface area contributed by atoms with Crippen molar-refractivity contribution in [2.24, 2.45) is 5.73 Å². The number of ether oxygens (including phenoxy) is 2. The van der Waals surface area contributed by atoms with E-state index in [4.69, 9.17) is 10.5 Å². The molecule has 0 aromatic carbocycles. The van der Waals surface area contributed by atoms with Gasteiger partial charge in [0, 0.05) is 6.20 Å². The fourth-order valence-corrected chi connectivity index (χ4v) is 0.989. The molecule has 0 radical (unpaired) electrons. The zero-order chi connectivity index (χ0) is 12.9. The van der Waals surface area contributed by atoms with E-state index in [1.807, 2.05) is 0 Å². The zero-order valence-electron chi connectivity index (χ0n) is 8.53. The molecule has 1 aromatic heterocycles. The normalized spacial score (nSPS) is 11.2. The number of halogens is 3. The highest BCUT2D eigenvalue weighted by Crippen LogP contribution is 2.16. The molecule has 0 saturated carbocycles. The molecule has 8 heteroatoms. The van der Waals surface area contributed by atoms with E-state index in [2.05, 4.69) is 9.72 Å². The van der Waals surface area contributed by atoms with Gasteiger partial charge in [0.2, 0.25) is 5.88 Å². The molecular weight excluding hydrogens is 241 g/mol. The number of pyridine rings is 1. The number of carbonyl (C=O) groups is 1. The Bertz CT molecular complexity index is 395. The average Bonchev–Trinajstić information content (AvgIpc) is 2.23. The Labute approximate surface area is 94.3 Å². The van der Waals surface area contributed by atoms with Crippen LogP contribution in [0.2, 0.25) is 0 Å². The molecule has 2 N–H and O–H groups in total. The third-order valence-electron chi connectivity index (χ3n) is 1.62. The topological polar surface area (TPSA) is 74.4 Å². The molecule has 17 heavy (non-hydrogen) atoms. The van der Waals surface area contributed by atoms with Crippen LogP contribution in [-0.4, -0.2) is 30.5 Å². The smallest absolute Gasteiger partial charge is 0.475 e. The van der Waals surface area contributed by atoms with Crippen molar-refractivity contribution >= 4 is 5.91 Å². The van der Waals surface area contributed by atoms with Gasteiger partial charge in [-0.25, -0.2) is 4.98 Å². The number of hydrogen-bond acceptors (Lipinski definition) is 4.